The van der Waals surface area contributed by atoms with E-state index >= 15 is 0 Å². The predicted molar refractivity (Wildman–Crippen MR) is 139 cm³/mol. The van der Waals surface area contributed by atoms with E-state index in [1.807, 2.05) is 63.2 Å². The van der Waals surface area contributed by atoms with Gasteiger partial charge in [-0.15, -0.1) is 0 Å². The molecule has 2 aromatic carbocycles. The van der Waals surface area contributed by atoms with Gasteiger partial charge in [0.15, 0.2) is 6.61 Å². The van der Waals surface area contributed by atoms with Crippen LogP contribution in [0.2, 0.25) is 0 Å². The highest BCUT2D eigenvalue weighted by Crippen LogP contribution is 2.29. The van der Waals surface area contributed by atoms with Gasteiger partial charge in [0.05, 0.1) is 11.6 Å². The molecule has 0 fully saturated rings. The Labute approximate surface area is 212 Å². The number of nitrogens with zero attached hydrogens (tertiary/aromatic N) is 1. The molecule has 1 N–H and O–H groups in total. The van der Waals surface area contributed by atoms with E-state index in [-0.39, 0.29) is 31.0 Å². The van der Waals surface area contributed by atoms with E-state index in [1.165, 1.54) is 5.56 Å². The summed E-state index contributed by atoms with van der Waals surface area (Å²) in [4.78, 5) is 28.1. The molecule has 0 aliphatic rings. The van der Waals surface area contributed by atoms with Crippen molar-refractivity contribution in [3.05, 3.63) is 58.1 Å². The molecule has 0 saturated heterocycles. The number of rotatable bonds is 12. The second kappa shape index (κ2) is 13.4. The summed E-state index contributed by atoms with van der Waals surface area (Å²) >= 11 is 3.55. The lowest BCUT2D eigenvalue weighted by atomic mass is 10.0. The summed E-state index contributed by atoms with van der Waals surface area (Å²) in [5, 5.41) is 3.02. The van der Waals surface area contributed by atoms with Crippen LogP contribution in [0.25, 0.3) is 0 Å². The van der Waals surface area contributed by atoms with E-state index in [9.17, 15) is 9.59 Å². The monoisotopic (exact) mass is 532 g/mol. The molecule has 0 saturated carbocycles. The smallest absolute Gasteiger partial charge is 0.261 e. The molecule has 34 heavy (non-hydrogen) atoms. The van der Waals surface area contributed by atoms with Crippen LogP contribution in [0.1, 0.15) is 64.5 Å². The topological polar surface area (TPSA) is 67.9 Å². The molecule has 0 aromatic heterocycles. The zero-order valence-electron chi connectivity index (χ0n) is 21.1. The Kier molecular flexibility index (Phi) is 10.9. The molecular formula is C27H37BrN2O4. The van der Waals surface area contributed by atoms with Crippen molar-refractivity contribution >= 4 is 27.7 Å². The lowest BCUT2D eigenvalue weighted by Gasteiger charge is -2.31. The van der Waals surface area contributed by atoms with Crippen LogP contribution in [-0.2, 0) is 16.1 Å². The van der Waals surface area contributed by atoms with Crippen LogP contribution in [0.3, 0.4) is 0 Å². The quantitative estimate of drug-likeness (QED) is 0.381. The Balaban J connectivity index is 2.26. The van der Waals surface area contributed by atoms with Crippen LogP contribution in [0.4, 0.5) is 0 Å². The number of carbonyl (C=O) groups excluding carboxylic acids is 2. The van der Waals surface area contributed by atoms with Gasteiger partial charge >= 0.3 is 0 Å². The molecule has 0 aliphatic heterocycles. The Bertz CT molecular complexity index is 963. The molecule has 0 bridgehead atoms. The van der Waals surface area contributed by atoms with Crippen LogP contribution in [0, 0.1) is 0 Å². The number of amides is 2. The van der Waals surface area contributed by atoms with E-state index in [0.717, 1.165) is 16.5 Å². The number of nitrogens with one attached hydrogen (secondary N) is 1. The highest BCUT2D eigenvalue weighted by molar-refractivity contribution is 9.10. The first-order chi connectivity index (χ1) is 16.2. The third-order valence-corrected chi connectivity index (χ3v) is 6.47. The van der Waals surface area contributed by atoms with E-state index < -0.39 is 6.04 Å². The fraction of sp³-hybridized carbons (Fsp3) is 0.481. The summed E-state index contributed by atoms with van der Waals surface area (Å²) in [6.45, 7) is 10.2. The molecule has 2 amide bonds. The van der Waals surface area contributed by atoms with Crippen LogP contribution in [0.5, 0.6) is 11.5 Å². The van der Waals surface area contributed by atoms with Gasteiger partial charge in [-0.25, -0.2) is 0 Å². The molecule has 2 atom stereocenters. The minimum Gasteiger partial charge on any atom is -0.497 e. The molecule has 0 spiro atoms. The summed E-state index contributed by atoms with van der Waals surface area (Å²) in [5.41, 5.74) is 2.06. The second-order valence-corrected chi connectivity index (χ2v) is 9.60. The largest absolute Gasteiger partial charge is 0.497 e. The first kappa shape index (κ1) is 27.7. The van der Waals surface area contributed by atoms with Crippen molar-refractivity contribution in [3.8, 4) is 11.5 Å². The van der Waals surface area contributed by atoms with Crippen molar-refractivity contribution in [3.63, 3.8) is 0 Å². The highest BCUT2D eigenvalue weighted by atomic mass is 79.9. The second-order valence-electron chi connectivity index (χ2n) is 8.75. The van der Waals surface area contributed by atoms with Gasteiger partial charge in [-0.3, -0.25) is 9.59 Å². The lowest BCUT2D eigenvalue weighted by molar-refractivity contribution is -0.143. The Morgan fingerprint density at radius 1 is 1.06 bits per heavy atom. The van der Waals surface area contributed by atoms with Gasteiger partial charge in [0.2, 0.25) is 5.91 Å². The van der Waals surface area contributed by atoms with E-state index in [4.69, 9.17) is 9.47 Å². The molecule has 6 nitrogen and oxygen atoms in total. The number of hydrogen-bond donors (Lipinski definition) is 1. The van der Waals surface area contributed by atoms with Crippen molar-refractivity contribution < 1.29 is 19.1 Å². The number of hydrogen-bond acceptors (Lipinski definition) is 4. The van der Waals surface area contributed by atoms with Crippen molar-refractivity contribution in [2.45, 2.75) is 72.0 Å². The van der Waals surface area contributed by atoms with Gasteiger partial charge in [-0.1, -0.05) is 45.9 Å². The molecule has 2 rings (SSSR count). The van der Waals surface area contributed by atoms with Gasteiger partial charge in [-0.2, -0.15) is 0 Å². The first-order valence-corrected chi connectivity index (χ1v) is 12.6. The molecule has 0 unspecified atom stereocenters. The Morgan fingerprint density at radius 2 is 1.79 bits per heavy atom. The van der Waals surface area contributed by atoms with E-state index in [0.29, 0.717) is 23.8 Å². The van der Waals surface area contributed by atoms with Crippen molar-refractivity contribution in [2.24, 2.45) is 0 Å². The standard InChI is InChI=1S/C27H37BrN2O4/c1-7-19(5)29-27(32)24(8-2)30(16-20-10-9-11-22(14-20)33-6)26(31)17-34-25-13-12-21(18(3)4)15-23(25)28/h9-15,18-19,24H,7-8,16-17H2,1-6H3,(H,29,32)/t19-,24-/m1/s1. The minimum absolute atomic E-state index is 0.0296. The van der Waals surface area contributed by atoms with Crippen molar-refractivity contribution in [1.82, 2.24) is 10.2 Å². The molecule has 0 aliphatic carbocycles. The summed E-state index contributed by atoms with van der Waals surface area (Å²) in [5.74, 6) is 1.27. The molecule has 7 heteroatoms. The highest BCUT2D eigenvalue weighted by Gasteiger charge is 2.29. The third kappa shape index (κ3) is 7.76. The van der Waals surface area contributed by atoms with Crippen LogP contribution >= 0.6 is 15.9 Å². The lowest BCUT2D eigenvalue weighted by Crippen LogP contribution is -2.51. The van der Waals surface area contributed by atoms with Crippen LogP contribution < -0.4 is 14.8 Å². The number of ether oxygens (including phenoxy) is 2. The number of methoxy groups -OCH3 is 1. The zero-order valence-corrected chi connectivity index (χ0v) is 22.6. The fourth-order valence-corrected chi connectivity index (χ4v) is 4.05. The van der Waals surface area contributed by atoms with Crippen molar-refractivity contribution in [1.29, 1.82) is 0 Å². The molecule has 186 valence electrons. The summed E-state index contributed by atoms with van der Waals surface area (Å²) < 4.78 is 12.0. The third-order valence-electron chi connectivity index (χ3n) is 5.85. The van der Waals surface area contributed by atoms with E-state index in [1.54, 1.807) is 12.0 Å². The summed E-state index contributed by atoms with van der Waals surface area (Å²) in [6.07, 6.45) is 1.31. The molecular weight excluding hydrogens is 496 g/mol. The fourth-order valence-electron chi connectivity index (χ4n) is 3.54. The number of halogens is 1. The van der Waals surface area contributed by atoms with Gasteiger partial charge < -0.3 is 19.7 Å². The maximum absolute atomic E-state index is 13.4. The number of benzene rings is 2. The Hall–Kier alpha value is -2.54. The summed E-state index contributed by atoms with van der Waals surface area (Å²) in [6, 6.07) is 12.8. The van der Waals surface area contributed by atoms with Crippen LogP contribution in [0.15, 0.2) is 46.9 Å². The van der Waals surface area contributed by atoms with Gasteiger partial charge in [0.25, 0.3) is 5.91 Å². The molecule has 2 aromatic rings. The predicted octanol–water partition coefficient (Wildman–Crippen LogP) is 5.68. The summed E-state index contributed by atoms with van der Waals surface area (Å²) in [7, 11) is 1.60. The van der Waals surface area contributed by atoms with Crippen molar-refractivity contribution in [2.75, 3.05) is 13.7 Å². The first-order valence-electron chi connectivity index (χ1n) is 11.8. The molecule has 0 heterocycles. The zero-order chi connectivity index (χ0) is 25.3. The average molecular weight is 534 g/mol. The molecule has 0 radical (unpaired) electrons. The van der Waals surface area contributed by atoms with Crippen LogP contribution in [-0.4, -0.2) is 42.5 Å². The maximum Gasteiger partial charge on any atom is 0.261 e. The maximum atomic E-state index is 13.4. The normalized spacial score (nSPS) is 12.7. The Morgan fingerprint density at radius 3 is 2.38 bits per heavy atom. The SMILES string of the molecule is CC[C@@H](C)NC(=O)[C@@H](CC)N(Cc1cccc(OC)c1)C(=O)COc1ccc(C(C)C)cc1Br. The van der Waals surface area contributed by atoms with Gasteiger partial charge in [0.1, 0.15) is 17.5 Å². The number of carbonyl (C=O) groups is 2. The van der Waals surface area contributed by atoms with Gasteiger partial charge in [-0.05, 0) is 77.0 Å². The average Bonchev–Trinajstić information content (AvgIpc) is 2.82. The minimum atomic E-state index is -0.608. The van der Waals surface area contributed by atoms with E-state index in [2.05, 4.69) is 35.1 Å². The van der Waals surface area contributed by atoms with Gasteiger partial charge in [0, 0.05) is 12.6 Å².